The standard InChI is InChI=1S/C49H43FN4O2/c1-4-55-42-30-43(46(50)45(31-42)56-34(2)3)47(52-41-26-25-37-32-51-28-27-36(37)29-41)48-53-44(35-17-9-5-10-18-35)33-54(48)49(38-19-11-6-12-20-38,39-21-13-7-14-22-39)40-23-15-8-16-24-40/h5-34,47,52H,4H2,1-3H3. The van der Waals surface area contributed by atoms with Gasteiger partial charge in [0.1, 0.15) is 23.2 Å². The number of pyridine rings is 1. The van der Waals surface area contributed by atoms with Gasteiger partial charge in [-0.2, -0.15) is 0 Å². The van der Waals surface area contributed by atoms with Crippen molar-refractivity contribution in [2.75, 3.05) is 11.9 Å². The minimum atomic E-state index is -0.959. The van der Waals surface area contributed by atoms with Crippen molar-refractivity contribution in [3.05, 3.63) is 210 Å². The first-order chi connectivity index (χ1) is 27.4. The summed E-state index contributed by atoms with van der Waals surface area (Å²) in [4.78, 5) is 9.82. The smallest absolute Gasteiger partial charge is 0.171 e. The SMILES string of the molecule is CCOc1cc(OC(C)C)c(F)c(C(Nc2ccc3cnccc3c2)c2nc(-c3ccccc3)cn2C(c2ccccc2)(c2ccccc2)c2ccccc2)c1. The molecule has 0 aliphatic carbocycles. The summed E-state index contributed by atoms with van der Waals surface area (Å²) in [6, 6.07) is 52.1. The van der Waals surface area contributed by atoms with E-state index >= 15 is 4.39 Å². The molecule has 8 rings (SSSR count). The average Bonchev–Trinajstić information content (AvgIpc) is 3.68. The van der Waals surface area contributed by atoms with Crippen LogP contribution in [-0.2, 0) is 5.54 Å². The fourth-order valence-electron chi connectivity index (χ4n) is 7.58. The van der Waals surface area contributed by atoms with Gasteiger partial charge in [0.2, 0.25) is 0 Å². The highest BCUT2D eigenvalue weighted by molar-refractivity contribution is 5.85. The third-order valence-corrected chi connectivity index (χ3v) is 9.97. The van der Waals surface area contributed by atoms with Crippen molar-refractivity contribution in [2.45, 2.75) is 38.5 Å². The third-order valence-electron chi connectivity index (χ3n) is 9.97. The predicted octanol–water partition coefficient (Wildman–Crippen LogP) is 11.5. The highest BCUT2D eigenvalue weighted by Crippen LogP contribution is 2.46. The number of aromatic nitrogens is 3. The van der Waals surface area contributed by atoms with Crippen LogP contribution in [0.15, 0.2) is 176 Å². The second-order valence-corrected chi connectivity index (χ2v) is 14.0. The molecule has 1 N–H and O–H groups in total. The number of rotatable bonds is 13. The van der Waals surface area contributed by atoms with E-state index in [1.807, 2.05) is 81.6 Å². The number of anilines is 1. The van der Waals surface area contributed by atoms with E-state index in [9.17, 15) is 0 Å². The van der Waals surface area contributed by atoms with Crippen LogP contribution in [0.5, 0.6) is 11.5 Å². The van der Waals surface area contributed by atoms with E-state index in [1.165, 1.54) is 0 Å². The summed E-state index contributed by atoms with van der Waals surface area (Å²) in [6.07, 6.45) is 5.44. The van der Waals surface area contributed by atoms with Crippen molar-refractivity contribution < 1.29 is 13.9 Å². The first-order valence-electron chi connectivity index (χ1n) is 19.0. The maximum absolute atomic E-state index is 17.4. The number of imidazole rings is 1. The van der Waals surface area contributed by atoms with Crippen molar-refractivity contribution in [3.63, 3.8) is 0 Å². The molecule has 1 unspecified atom stereocenters. The van der Waals surface area contributed by atoms with Gasteiger partial charge in [-0.3, -0.25) is 4.98 Å². The van der Waals surface area contributed by atoms with Crippen molar-refractivity contribution in [2.24, 2.45) is 0 Å². The summed E-state index contributed by atoms with van der Waals surface area (Å²) in [5, 5.41) is 5.76. The van der Waals surface area contributed by atoms with Crippen LogP contribution in [0.4, 0.5) is 10.1 Å². The minimum absolute atomic E-state index is 0.110. The molecule has 8 aromatic rings. The second-order valence-electron chi connectivity index (χ2n) is 14.0. The highest BCUT2D eigenvalue weighted by Gasteiger charge is 2.42. The number of fused-ring (bicyclic) bond motifs is 1. The molecule has 0 aliphatic heterocycles. The summed E-state index contributed by atoms with van der Waals surface area (Å²) in [5.74, 6) is 0.695. The van der Waals surface area contributed by atoms with Crippen LogP contribution < -0.4 is 14.8 Å². The molecule has 0 bridgehead atoms. The van der Waals surface area contributed by atoms with Gasteiger partial charge in [-0.05, 0) is 67.1 Å². The molecule has 56 heavy (non-hydrogen) atoms. The number of hydrogen-bond donors (Lipinski definition) is 1. The van der Waals surface area contributed by atoms with Crippen LogP contribution in [-0.4, -0.2) is 27.2 Å². The molecule has 0 fully saturated rings. The van der Waals surface area contributed by atoms with E-state index < -0.39 is 17.4 Å². The summed E-state index contributed by atoms with van der Waals surface area (Å²) in [6.45, 7) is 6.09. The lowest BCUT2D eigenvalue weighted by Gasteiger charge is -2.39. The second kappa shape index (κ2) is 15.9. The average molecular weight is 739 g/mol. The zero-order chi connectivity index (χ0) is 38.5. The molecule has 0 saturated carbocycles. The molecule has 0 spiro atoms. The Labute approximate surface area is 327 Å². The number of nitrogens with one attached hydrogen (secondary N) is 1. The molecule has 1 atom stereocenters. The van der Waals surface area contributed by atoms with Gasteiger partial charge in [0, 0.05) is 46.9 Å². The van der Waals surface area contributed by atoms with Gasteiger partial charge in [-0.1, -0.05) is 127 Å². The monoisotopic (exact) mass is 738 g/mol. The van der Waals surface area contributed by atoms with Crippen molar-refractivity contribution in [1.29, 1.82) is 0 Å². The zero-order valence-electron chi connectivity index (χ0n) is 31.6. The van der Waals surface area contributed by atoms with Gasteiger partial charge in [-0.15, -0.1) is 0 Å². The lowest BCUT2D eigenvalue weighted by molar-refractivity contribution is 0.228. The van der Waals surface area contributed by atoms with Gasteiger partial charge in [0.15, 0.2) is 11.6 Å². The largest absolute Gasteiger partial charge is 0.494 e. The molecular formula is C49H43FN4O2. The molecule has 278 valence electrons. The Kier molecular flexibility index (Phi) is 10.3. The van der Waals surface area contributed by atoms with Gasteiger partial charge in [0.05, 0.1) is 18.4 Å². The molecule has 0 aliphatic rings. The van der Waals surface area contributed by atoms with Crippen LogP contribution in [0, 0.1) is 5.82 Å². The predicted molar refractivity (Wildman–Crippen MR) is 223 cm³/mol. The molecule has 7 heteroatoms. The van der Waals surface area contributed by atoms with Crippen molar-refractivity contribution in [3.8, 4) is 22.8 Å². The van der Waals surface area contributed by atoms with Crippen LogP contribution >= 0.6 is 0 Å². The normalized spacial score (nSPS) is 12.1. The third kappa shape index (κ3) is 7.00. The van der Waals surface area contributed by atoms with E-state index in [-0.39, 0.29) is 11.9 Å². The lowest BCUT2D eigenvalue weighted by Crippen LogP contribution is -2.39. The van der Waals surface area contributed by atoms with Gasteiger partial charge >= 0.3 is 0 Å². The number of benzene rings is 6. The summed E-state index contributed by atoms with van der Waals surface area (Å²) < 4.78 is 31.9. The Bertz CT molecular complexity index is 2440. The number of hydrogen-bond acceptors (Lipinski definition) is 5. The molecule has 0 saturated heterocycles. The van der Waals surface area contributed by atoms with Crippen LogP contribution in [0.1, 0.15) is 54.9 Å². The van der Waals surface area contributed by atoms with E-state index in [0.29, 0.717) is 23.7 Å². The van der Waals surface area contributed by atoms with E-state index in [2.05, 4.69) is 112 Å². The first kappa shape index (κ1) is 36.3. The summed E-state index contributed by atoms with van der Waals surface area (Å²) in [5.41, 5.74) is 4.86. The molecule has 6 nitrogen and oxygen atoms in total. The molecular weight excluding hydrogens is 696 g/mol. The van der Waals surface area contributed by atoms with Crippen LogP contribution in [0.3, 0.4) is 0 Å². The van der Waals surface area contributed by atoms with Gasteiger partial charge in [-0.25, -0.2) is 9.37 Å². The first-order valence-corrected chi connectivity index (χ1v) is 19.0. The number of ether oxygens (including phenoxy) is 2. The maximum atomic E-state index is 17.4. The summed E-state index contributed by atoms with van der Waals surface area (Å²) >= 11 is 0. The molecule has 0 amide bonds. The quantitative estimate of drug-likeness (QED) is 0.119. The van der Waals surface area contributed by atoms with Crippen LogP contribution in [0.25, 0.3) is 22.0 Å². The Morgan fingerprint density at radius 1 is 0.714 bits per heavy atom. The highest BCUT2D eigenvalue weighted by atomic mass is 19.1. The Hall–Kier alpha value is -6.73. The van der Waals surface area contributed by atoms with Crippen molar-refractivity contribution in [1.82, 2.24) is 14.5 Å². The molecule has 6 aromatic carbocycles. The van der Waals surface area contributed by atoms with E-state index in [4.69, 9.17) is 14.5 Å². The van der Waals surface area contributed by atoms with Gasteiger partial charge < -0.3 is 19.4 Å². The Balaban J connectivity index is 1.49. The molecule has 0 radical (unpaired) electrons. The Morgan fingerprint density at radius 3 is 1.91 bits per heavy atom. The van der Waals surface area contributed by atoms with Crippen molar-refractivity contribution >= 4 is 16.5 Å². The number of halogens is 1. The molecule has 2 heterocycles. The zero-order valence-corrected chi connectivity index (χ0v) is 31.6. The topological polar surface area (TPSA) is 61.2 Å². The summed E-state index contributed by atoms with van der Waals surface area (Å²) in [7, 11) is 0. The van der Waals surface area contributed by atoms with Crippen LogP contribution in [0.2, 0.25) is 0 Å². The lowest BCUT2D eigenvalue weighted by atomic mass is 9.76. The maximum Gasteiger partial charge on any atom is 0.171 e. The van der Waals surface area contributed by atoms with E-state index in [0.717, 1.165) is 44.4 Å². The number of nitrogens with zero attached hydrogens (tertiary/aromatic N) is 3. The van der Waals surface area contributed by atoms with Gasteiger partial charge in [0.25, 0.3) is 0 Å². The van der Waals surface area contributed by atoms with E-state index in [1.54, 1.807) is 18.3 Å². The Morgan fingerprint density at radius 2 is 1.32 bits per heavy atom. The minimum Gasteiger partial charge on any atom is -0.494 e. The fourth-order valence-corrected chi connectivity index (χ4v) is 7.58. The fraction of sp³-hybridized carbons (Fsp3) is 0.143. The molecule has 2 aromatic heterocycles.